The summed E-state index contributed by atoms with van der Waals surface area (Å²) in [6.07, 6.45) is 3.09. The van der Waals surface area contributed by atoms with E-state index in [1.165, 1.54) is 26.3 Å². The number of sulfonamides is 1. The van der Waals surface area contributed by atoms with Gasteiger partial charge in [0, 0.05) is 37.9 Å². The van der Waals surface area contributed by atoms with Gasteiger partial charge in [0.2, 0.25) is 10.0 Å². The van der Waals surface area contributed by atoms with Crippen LogP contribution in [0.4, 0.5) is 0 Å². The number of hydrogen-bond donors (Lipinski definition) is 1. The Kier molecular flexibility index (Phi) is 3.91. The first-order valence-corrected chi connectivity index (χ1v) is 9.78. The standard InChI is InChI=1S/C19H21N3O2S/c1-21(2)25(23,24)17-7-5-16(6-8-17)22-12-10-15-4-3-14-9-11-20-13-18(14)19(15)22/h3-8,10,12,20H,9,11,13H2,1-2H3. The SMILES string of the molecule is CN(C)S(=O)(=O)c1ccc(-n2ccc3ccc4c(c32)CNCC4)cc1. The minimum atomic E-state index is -3.41. The normalized spacial score (nSPS) is 14.8. The molecule has 2 aromatic carbocycles. The molecule has 0 aliphatic carbocycles. The van der Waals surface area contributed by atoms with Gasteiger partial charge in [-0.25, -0.2) is 12.7 Å². The molecule has 2 heterocycles. The molecule has 0 bridgehead atoms. The van der Waals surface area contributed by atoms with E-state index in [9.17, 15) is 8.42 Å². The Bertz CT molecular complexity index is 1030. The van der Waals surface area contributed by atoms with Crippen LogP contribution in [0.2, 0.25) is 0 Å². The fourth-order valence-corrected chi connectivity index (χ4v) is 4.32. The Labute approximate surface area is 147 Å². The van der Waals surface area contributed by atoms with E-state index in [4.69, 9.17) is 0 Å². The monoisotopic (exact) mass is 355 g/mol. The third kappa shape index (κ3) is 2.66. The molecule has 3 aromatic rings. The van der Waals surface area contributed by atoms with E-state index in [1.54, 1.807) is 26.2 Å². The molecule has 4 rings (SSSR count). The molecule has 1 aliphatic rings. The van der Waals surface area contributed by atoms with Crippen molar-refractivity contribution in [3.05, 3.63) is 59.8 Å². The topological polar surface area (TPSA) is 54.3 Å². The summed E-state index contributed by atoms with van der Waals surface area (Å²) in [5, 5.41) is 4.65. The highest BCUT2D eigenvalue weighted by molar-refractivity contribution is 7.89. The van der Waals surface area contributed by atoms with Gasteiger partial charge in [0.25, 0.3) is 0 Å². The molecule has 0 amide bonds. The number of benzene rings is 2. The Balaban J connectivity index is 1.83. The zero-order valence-corrected chi connectivity index (χ0v) is 15.2. The predicted octanol–water partition coefficient (Wildman–Crippen LogP) is 2.53. The van der Waals surface area contributed by atoms with Crippen LogP contribution in [0, 0.1) is 0 Å². The molecule has 0 fully saturated rings. The molecule has 0 atom stereocenters. The summed E-state index contributed by atoms with van der Waals surface area (Å²) < 4.78 is 27.9. The molecule has 0 spiro atoms. The van der Waals surface area contributed by atoms with Crippen molar-refractivity contribution in [1.82, 2.24) is 14.2 Å². The minimum Gasteiger partial charge on any atom is -0.316 e. The van der Waals surface area contributed by atoms with E-state index in [0.29, 0.717) is 4.90 Å². The van der Waals surface area contributed by atoms with Gasteiger partial charge in [-0.2, -0.15) is 0 Å². The fraction of sp³-hybridized carbons (Fsp3) is 0.263. The van der Waals surface area contributed by atoms with Crippen LogP contribution in [0.15, 0.2) is 53.6 Å². The average Bonchev–Trinajstić information content (AvgIpc) is 3.06. The average molecular weight is 355 g/mol. The second-order valence-corrected chi connectivity index (χ2v) is 8.69. The van der Waals surface area contributed by atoms with Crippen molar-refractivity contribution in [2.75, 3.05) is 20.6 Å². The summed E-state index contributed by atoms with van der Waals surface area (Å²) >= 11 is 0. The number of rotatable bonds is 3. The second kappa shape index (κ2) is 5.98. The molecule has 0 saturated carbocycles. The minimum absolute atomic E-state index is 0.307. The van der Waals surface area contributed by atoms with Gasteiger partial charge in [0.1, 0.15) is 0 Å². The van der Waals surface area contributed by atoms with Crippen LogP contribution in [0.3, 0.4) is 0 Å². The maximum Gasteiger partial charge on any atom is 0.242 e. The summed E-state index contributed by atoms with van der Waals surface area (Å²) in [4.78, 5) is 0.307. The van der Waals surface area contributed by atoms with E-state index >= 15 is 0 Å². The van der Waals surface area contributed by atoms with Crippen LogP contribution in [0.5, 0.6) is 0 Å². The summed E-state index contributed by atoms with van der Waals surface area (Å²) in [7, 11) is -0.318. The van der Waals surface area contributed by atoms with Gasteiger partial charge < -0.3 is 9.88 Å². The van der Waals surface area contributed by atoms with Crippen molar-refractivity contribution in [2.45, 2.75) is 17.9 Å². The molecule has 0 unspecified atom stereocenters. The highest BCUT2D eigenvalue weighted by Crippen LogP contribution is 2.29. The lowest BCUT2D eigenvalue weighted by molar-refractivity contribution is 0.521. The Hall–Kier alpha value is -2.15. The van der Waals surface area contributed by atoms with Gasteiger partial charge in [-0.3, -0.25) is 0 Å². The molecule has 6 heteroatoms. The van der Waals surface area contributed by atoms with Gasteiger partial charge in [-0.05, 0) is 54.4 Å². The molecular weight excluding hydrogens is 334 g/mol. The molecule has 0 radical (unpaired) electrons. The fourth-order valence-electron chi connectivity index (χ4n) is 3.42. The maximum atomic E-state index is 12.2. The van der Waals surface area contributed by atoms with E-state index < -0.39 is 10.0 Å². The molecule has 0 saturated heterocycles. The first-order chi connectivity index (χ1) is 12.0. The molecule has 1 N–H and O–H groups in total. The summed E-state index contributed by atoms with van der Waals surface area (Å²) in [6, 6.07) is 13.6. The predicted molar refractivity (Wildman–Crippen MR) is 99.6 cm³/mol. The Morgan fingerprint density at radius 1 is 1.04 bits per heavy atom. The maximum absolute atomic E-state index is 12.2. The zero-order chi connectivity index (χ0) is 17.6. The van der Waals surface area contributed by atoms with E-state index in [1.807, 2.05) is 12.1 Å². The molecule has 25 heavy (non-hydrogen) atoms. The third-order valence-electron chi connectivity index (χ3n) is 4.82. The van der Waals surface area contributed by atoms with E-state index in [0.717, 1.165) is 25.2 Å². The number of hydrogen-bond acceptors (Lipinski definition) is 3. The molecule has 5 nitrogen and oxygen atoms in total. The van der Waals surface area contributed by atoms with Crippen LogP contribution in [0.1, 0.15) is 11.1 Å². The molecular formula is C19H21N3O2S. The van der Waals surface area contributed by atoms with Crippen LogP contribution in [-0.2, 0) is 23.0 Å². The Morgan fingerprint density at radius 3 is 2.52 bits per heavy atom. The van der Waals surface area contributed by atoms with Gasteiger partial charge in [-0.1, -0.05) is 12.1 Å². The van der Waals surface area contributed by atoms with E-state index in [2.05, 4.69) is 34.3 Å². The Morgan fingerprint density at radius 2 is 1.80 bits per heavy atom. The number of nitrogens with zero attached hydrogens (tertiary/aromatic N) is 2. The van der Waals surface area contributed by atoms with Crippen molar-refractivity contribution in [1.29, 1.82) is 0 Å². The van der Waals surface area contributed by atoms with Gasteiger partial charge >= 0.3 is 0 Å². The van der Waals surface area contributed by atoms with E-state index in [-0.39, 0.29) is 0 Å². The summed E-state index contributed by atoms with van der Waals surface area (Å²) in [5.74, 6) is 0. The summed E-state index contributed by atoms with van der Waals surface area (Å²) in [6.45, 7) is 1.88. The quantitative estimate of drug-likeness (QED) is 0.785. The van der Waals surface area contributed by atoms with Crippen LogP contribution < -0.4 is 5.32 Å². The molecule has 1 aliphatic heterocycles. The molecule has 1 aromatic heterocycles. The number of fused-ring (bicyclic) bond motifs is 3. The number of aromatic nitrogens is 1. The first-order valence-electron chi connectivity index (χ1n) is 8.34. The second-order valence-electron chi connectivity index (χ2n) is 6.53. The van der Waals surface area contributed by atoms with Crippen LogP contribution in [-0.4, -0.2) is 37.9 Å². The smallest absolute Gasteiger partial charge is 0.242 e. The largest absolute Gasteiger partial charge is 0.316 e. The highest BCUT2D eigenvalue weighted by Gasteiger charge is 2.18. The highest BCUT2D eigenvalue weighted by atomic mass is 32.2. The van der Waals surface area contributed by atoms with Crippen molar-refractivity contribution in [3.8, 4) is 5.69 Å². The van der Waals surface area contributed by atoms with Crippen molar-refractivity contribution < 1.29 is 8.42 Å². The first kappa shape index (κ1) is 16.3. The zero-order valence-electron chi connectivity index (χ0n) is 14.4. The van der Waals surface area contributed by atoms with Crippen LogP contribution in [0.25, 0.3) is 16.6 Å². The van der Waals surface area contributed by atoms with Gasteiger partial charge in [0.05, 0.1) is 10.4 Å². The lowest BCUT2D eigenvalue weighted by atomic mass is 9.98. The molecule has 130 valence electrons. The van der Waals surface area contributed by atoms with Crippen LogP contribution >= 0.6 is 0 Å². The van der Waals surface area contributed by atoms with Gasteiger partial charge in [0.15, 0.2) is 0 Å². The summed E-state index contributed by atoms with van der Waals surface area (Å²) in [5.41, 5.74) is 4.89. The number of nitrogens with one attached hydrogen (secondary N) is 1. The van der Waals surface area contributed by atoms with Crippen molar-refractivity contribution in [3.63, 3.8) is 0 Å². The van der Waals surface area contributed by atoms with Crippen molar-refractivity contribution >= 4 is 20.9 Å². The third-order valence-corrected chi connectivity index (χ3v) is 6.65. The lowest BCUT2D eigenvalue weighted by Crippen LogP contribution is -2.24. The van der Waals surface area contributed by atoms with Crippen molar-refractivity contribution in [2.24, 2.45) is 0 Å². The van der Waals surface area contributed by atoms with Gasteiger partial charge in [-0.15, -0.1) is 0 Å². The lowest BCUT2D eigenvalue weighted by Gasteiger charge is -2.20.